The van der Waals surface area contributed by atoms with Crippen LogP contribution >= 0.6 is 11.8 Å². The third-order valence-corrected chi connectivity index (χ3v) is 5.82. The Morgan fingerprint density at radius 2 is 2.27 bits per heavy atom. The number of amides is 2. The van der Waals surface area contributed by atoms with E-state index in [0.29, 0.717) is 25.1 Å². The van der Waals surface area contributed by atoms with E-state index in [1.807, 2.05) is 34.8 Å². The fraction of sp³-hybridized carbons (Fsp3) is 0.389. The van der Waals surface area contributed by atoms with Crippen LogP contribution in [0.15, 0.2) is 35.5 Å². The van der Waals surface area contributed by atoms with Crippen molar-refractivity contribution < 1.29 is 9.59 Å². The molecule has 1 aromatic carbocycles. The Balaban J connectivity index is 1.64. The van der Waals surface area contributed by atoms with Crippen LogP contribution in [0.25, 0.3) is 0 Å². The second kappa shape index (κ2) is 7.13. The number of carbonyl (C=O) groups excluding carboxylic acids is 2. The number of fused-ring (bicyclic) bond motifs is 1. The van der Waals surface area contributed by atoms with E-state index in [-0.39, 0.29) is 17.9 Å². The van der Waals surface area contributed by atoms with E-state index in [9.17, 15) is 9.59 Å². The van der Waals surface area contributed by atoms with Crippen LogP contribution in [-0.4, -0.2) is 51.7 Å². The normalized spacial score (nSPS) is 20.3. The van der Waals surface area contributed by atoms with E-state index < -0.39 is 0 Å². The number of hydrogen-bond acceptors (Lipinski definition) is 5. The summed E-state index contributed by atoms with van der Waals surface area (Å²) >= 11 is 1.64. The number of carbonyl (C=O) groups is 2. The van der Waals surface area contributed by atoms with Crippen molar-refractivity contribution in [2.24, 2.45) is 7.05 Å². The van der Waals surface area contributed by atoms with E-state index in [1.54, 1.807) is 24.0 Å². The van der Waals surface area contributed by atoms with Crippen molar-refractivity contribution in [1.82, 2.24) is 19.8 Å². The smallest absolute Gasteiger partial charge is 0.254 e. The predicted molar refractivity (Wildman–Crippen MR) is 100 cm³/mol. The quantitative estimate of drug-likeness (QED) is 0.839. The van der Waals surface area contributed by atoms with Gasteiger partial charge in [0.05, 0.1) is 5.69 Å². The van der Waals surface area contributed by atoms with Gasteiger partial charge in [-0.25, -0.2) is 4.98 Å². The van der Waals surface area contributed by atoms with E-state index in [4.69, 9.17) is 0 Å². The molecule has 1 atom stereocenters. The van der Waals surface area contributed by atoms with Crippen LogP contribution < -0.4 is 10.6 Å². The lowest BCUT2D eigenvalue weighted by Crippen LogP contribution is -2.49. The van der Waals surface area contributed by atoms with Crippen LogP contribution in [0.1, 0.15) is 28.6 Å². The summed E-state index contributed by atoms with van der Waals surface area (Å²) in [5.41, 5.74) is 1.32. The van der Waals surface area contributed by atoms with Gasteiger partial charge in [-0.2, -0.15) is 0 Å². The average molecular weight is 371 g/mol. The Morgan fingerprint density at radius 3 is 3.08 bits per heavy atom. The number of thioether (sulfide) groups is 1. The van der Waals surface area contributed by atoms with Gasteiger partial charge in [-0.1, -0.05) is 0 Å². The molecule has 1 unspecified atom stereocenters. The zero-order chi connectivity index (χ0) is 18.1. The van der Waals surface area contributed by atoms with Gasteiger partial charge >= 0.3 is 0 Å². The maximum Gasteiger partial charge on any atom is 0.254 e. The molecule has 2 amide bonds. The lowest BCUT2D eigenvalue weighted by Gasteiger charge is -2.36. The molecule has 0 aliphatic carbocycles. The first-order chi connectivity index (χ1) is 12.6. The van der Waals surface area contributed by atoms with Gasteiger partial charge in [-0.3, -0.25) is 9.59 Å². The van der Waals surface area contributed by atoms with Crippen molar-refractivity contribution >= 4 is 29.3 Å². The van der Waals surface area contributed by atoms with Crippen molar-refractivity contribution in [1.29, 1.82) is 0 Å². The first-order valence-corrected chi connectivity index (χ1v) is 9.67. The zero-order valence-corrected chi connectivity index (χ0v) is 15.4. The number of anilines is 1. The molecule has 7 nitrogen and oxygen atoms in total. The summed E-state index contributed by atoms with van der Waals surface area (Å²) < 4.78 is 1.95. The number of nitrogens with zero attached hydrogens (tertiary/aromatic N) is 3. The number of hydrogen-bond donors (Lipinski definition) is 2. The van der Waals surface area contributed by atoms with Crippen molar-refractivity contribution in [3.63, 3.8) is 0 Å². The Bertz CT molecular complexity index is 850. The van der Waals surface area contributed by atoms with Gasteiger partial charge < -0.3 is 20.1 Å². The Kier molecular flexibility index (Phi) is 4.69. The third-order valence-electron chi connectivity index (χ3n) is 4.75. The number of aromatic nitrogens is 2. The number of benzene rings is 1. The van der Waals surface area contributed by atoms with Crippen LogP contribution in [0, 0.1) is 0 Å². The molecule has 1 aromatic heterocycles. The highest BCUT2D eigenvalue weighted by Crippen LogP contribution is 2.32. The second-order valence-electron chi connectivity index (χ2n) is 6.47. The number of rotatable bonds is 2. The average Bonchev–Trinajstić information content (AvgIpc) is 2.98. The van der Waals surface area contributed by atoms with Crippen molar-refractivity contribution in [2.75, 3.05) is 30.7 Å². The van der Waals surface area contributed by atoms with E-state index in [2.05, 4.69) is 15.6 Å². The van der Waals surface area contributed by atoms with E-state index >= 15 is 0 Å². The molecule has 0 bridgehead atoms. The maximum atomic E-state index is 13.2. The number of imidazole rings is 1. The summed E-state index contributed by atoms with van der Waals surface area (Å²) in [5.74, 6) is 1.58. The zero-order valence-electron chi connectivity index (χ0n) is 14.6. The van der Waals surface area contributed by atoms with Crippen LogP contribution in [0.4, 0.5) is 5.69 Å². The second-order valence-corrected chi connectivity index (χ2v) is 7.61. The highest BCUT2D eigenvalue weighted by molar-refractivity contribution is 7.99. The fourth-order valence-electron chi connectivity index (χ4n) is 3.40. The van der Waals surface area contributed by atoms with Gasteiger partial charge in [0.1, 0.15) is 11.9 Å². The monoisotopic (exact) mass is 371 g/mol. The standard InChI is InChI=1S/C18H21N5O2S/c1-22-7-6-20-17(22)14-11-19-5-8-23(14)18(25)12-2-3-15-13(10-12)21-16(24)4-9-26-15/h2-3,6-7,10,14,19H,4-5,8-9,11H2,1H3,(H,21,24). The molecule has 3 heterocycles. The molecule has 0 saturated carbocycles. The molecule has 4 rings (SSSR count). The van der Waals surface area contributed by atoms with Crippen molar-refractivity contribution in [3.8, 4) is 0 Å². The highest BCUT2D eigenvalue weighted by Gasteiger charge is 2.31. The number of piperazine rings is 1. The lowest BCUT2D eigenvalue weighted by atomic mass is 10.1. The van der Waals surface area contributed by atoms with Gasteiger partial charge in [0, 0.05) is 61.7 Å². The largest absolute Gasteiger partial charge is 0.336 e. The minimum Gasteiger partial charge on any atom is -0.336 e. The van der Waals surface area contributed by atoms with E-state index in [1.165, 1.54) is 0 Å². The van der Waals surface area contributed by atoms with Crippen LogP contribution in [0.5, 0.6) is 0 Å². The first kappa shape index (κ1) is 17.1. The summed E-state index contributed by atoms with van der Waals surface area (Å²) in [7, 11) is 1.94. The number of aryl methyl sites for hydroxylation is 1. The Labute approximate surface area is 156 Å². The topological polar surface area (TPSA) is 79.3 Å². The summed E-state index contributed by atoms with van der Waals surface area (Å²) in [6.07, 6.45) is 4.13. The third kappa shape index (κ3) is 3.22. The summed E-state index contributed by atoms with van der Waals surface area (Å²) in [6, 6.07) is 5.46. The summed E-state index contributed by atoms with van der Waals surface area (Å²) in [5, 5.41) is 6.25. The molecule has 2 aromatic rings. The molecular weight excluding hydrogens is 350 g/mol. The van der Waals surface area contributed by atoms with Gasteiger partial charge in [-0.15, -0.1) is 11.8 Å². The minimum atomic E-state index is -0.112. The molecule has 2 aliphatic rings. The Hall–Kier alpha value is -2.32. The molecule has 1 fully saturated rings. The van der Waals surface area contributed by atoms with Crippen molar-refractivity contribution in [3.05, 3.63) is 42.0 Å². The minimum absolute atomic E-state index is 0.00564. The number of nitrogens with one attached hydrogen (secondary N) is 2. The van der Waals surface area contributed by atoms with Crippen LogP contribution in [-0.2, 0) is 11.8 Å². The molecule has 136 valence electrons. The Morgan fingerprint density at radius 1 is 1.38 bits per heavy atom. The van der Waals surface area contributed by atoms with Crippen molar-refractivity contribution in [2.45, 2.75) is 17.4 Å². The molecule has 0 spiro atoms. The van der Waals surface area contributed by atoms with Gasteiger partial charge in [0.2, 0.25) is 5.91 Å². The molecule has 0 radical (unpaired) electrons. The molecule has 2 N–H and O–H groups in total. The molecular formula is C18H21N5O2S. The molecule has 26 heavy (non-hydrogen) atoms. The van der Waals surface area contributed by atoms with Crippen LogP contribution in [0.2, 0.25) is 0 Å². The maximum absolute atomic E-state index is 13.2. The predicted octanol–water partition coefficient (Wildman–Crippen LogP) is 1.64. The van der Waals surface area contributed by atoms with E-state index in [0.717, 1.165) is 28.7 Å². The van der Waals surface area contributed by atoms with Gasteiger partial charge in [-0.05, 0) is 18.2 Å². The van der Waals surface area contributed by atoms with Gasteiger partial charge in [0.25, 0.3) is 5.91 Å². The molecule has 1 saturated heterocycles. The first-order valence-electron chi connectivity index (χ1n) is 8.69. The summed E-state index contributed by atoms with van der Waals surface area (Å²) in [6.45, 7) is 2.05. The lowest BCUT2D eigenvalue weighted by molar-refractivity contribution is -0.115. The van der Waals surface area contributed by atoms with Gasteiger partial charge in [0.15, 0.2) is 0 Å². The fourth-order valence-corrected chi connectivity index (χ4v) is 4.33. The molecule has 2 aliphatic heterocycles. The summed E-state index contributed by atoms with van der Waals surface area (Å²) in [4.78, 5) is 32.3. The highest BCUT2D eigenvalue weighted by atomic mass is 32.2. The SMILES string of the molecule is Cn1ccnc1C1CNCCN1C(=O)c1ccc2c(c1)NC(=O)CCS2. The molecule has 8 heteroatoms. The van der Waals surface area contributed by atoms with Crippen LogP contribution in [0.3, 0.4) is 0 Å².